The van der Waals surface area contributed by atoms with E-state index < -0.39 is 0 Å². The first-order valence-electron chi connectivity index (χ1n) is 5.09. The molecule has 0 radical (unpaired) electrons. The fourth-order valence-corrected chi connectivity index (χ4v) is 0.954. The van der Waals surface area contributed by atoms with Crippen molar-refractivity contribution in [2.75, 3.05) is 26.7 Å². The smallest absolute Gasteiger partial charge is 0.0214 e. The van der Waals surface area contributed by atoms with Crippen LogP contribution < -0.4 is 16.4 Å². The molecule has 80 valence electrons. The number of hydrogen-bond acceptors (Lipinski definition) is 3. The zero-order valence-corrected chi connectivity index (χ0v) is 9.48. The predicted octanol–water partition coefficient (Wildman–Crippen LogP) is 0.559. The van der Waals surface area contributed by atoms with Crippen molar-refractivity contribution in [1.82, 2.24) is 10.6 Å². The Hall–Kier alpha value is -0.120. The van der Waals surface area contributed by atoms with Crippen molar-refractivity contribution in [2.45, 2.75) is 33.2 Å². The van der Waals surface area contributed by atoms with Gasteiger partial charge < -0.3 is 16.4 Å². The first-order chi connectivity index (χ1) is 5.98. The van der Waals surface area contributed by atoms with E-state index >= 15 is 0 Å². The highest BCUT2D eigenvalue weighted by Crippen LogP contribution is 2.16. The second-order valence-electron chi connectivity index (χ2n) is 4.63. The van der Waals surface area contributed by atoms with Gasteiger partial charge in [0.1, 0.15) is 0 Å². The van der Waals surface area contributed by atoms with Gasteiger partial charge in [0, 0.05) is 12.6 Å². The Balaban J connectivity index is 3.32. The molecular formula is C10H25N3. The molecule has 0 aliphatic rings. The molecule has 13 heavy (non-hydrogen) atoms. The summed E-state index contributed by atoms with van der Waals surface area (Å²) < 4.78 is 0. The summed E-state index contributed by atoms with van der Waals surface area (Å²) in [4.78, 5) is 0. The highest BCUT2D eigenvalue weighted by Gasteiger charge is 2.19. The number of hydrogen-bond donors (Lipinski definition) is 3. The third-order valence-corrected chi connectivity index (χ3v) is 2.26. The fourth-order valence-electron chi connectivity index (χ4n) is 0.954. The van der Waals surface area contributed by atoms with Gasteiger partial charge in [-0.3, -0.25) is 0 Å². The zero-order chi connectivity index (χ0) is 10.3. The molecule has 3 nitrogen and oxygen atoms in total. The summed E-state index contributed by atoms with van der Waals surface area (Å²) in [5.74, 6) is 0. The van der Waals surface area contributed by atoms with Gasteiger partial charge in [0.05, 0.1) is 0 Å². The van der Waals surface area contributed by atoms with Crippen LogP contribution in [0.15, 0.2) is 0 Å². The maximum Gasteiger partial charge on any atom is 0.0214 e. The van der Waals surface area contributed by atoms with Gasteiger partial charge in [0.25, 0.3) is 0 Å². The topological polar surface area (TPSA) is 50.1 Å². The Morgan fingerprint density at radius 1 is 1.23 bits per heavy atom. The van der Waals surface area contributed by atoms with Crippen LogP contribution in [0, 0.1) is 5.41 Å². The molecule has 0 bridgehead atoms. The van der Waals surface area contributed by atoms with Gasteiger partial charge >= 0.3 is 0 Å². The van der Waals surface area contributed by atoms with Crippen LogP contribution in [0.1, 0.15) is 27.2 Å². The second kappa shape index (κ2) is 6.35. The minimum absolute atomic E-state index is 0.204. The van der Waals surface area contributed by atoms with Gasteiger partial charge in [-0.1, -0.05) is 20.8 Å². The lowest BCUT2D eigenvalue weighted by atomic mass is 9.87. The Labute approximate surface area is 82.5 Å². The molecule has 0 aromatic rings. The molecule has 4 N–H and O–H groups in total. The van der Waals surface area contributed by atoms with Crippen molar-refractivity contribution in [3.63, 3.8) is 0 Å². The zero-order valence-electron chi connectivity index (χ0n) is 9.48. The molecule has 0 fully saturated rings. The van der Waals surface area contributed by atoms with Gasteiger partial charge in [0.2, 0.25) is 0 Å². The Morgan fingerprint density at radius 2 is 1.85 bits per heavy atom. The molecule has 0 rings (SSSR count). The molecule has 0 amide bonds. The summed E-state index contributed by atoms with van der Waals surface area (Å²) in [7, 11) is 1.97. The molecule has 0 spiro atoms. The van der Waals surface area contributed by atoms with Crippen molar-refractivity contribution >= 4 is 0 Å². The van der Waals surface area contributed by atoms with Gasteiger partial charge in [-0.2, -0.15) is 0 Å². The summed E-state index contributed by atoms with van der Waals surface area (Å²) >= 11 is 0. The van der Waals surface area contributed by atoms with Crippen LogP contribution in [-0.4, -0.2) is 32.7 Å². The molecule has 0 aliphatic carbocycles. The van der Waals surface area contributed by atoms with E-state index in [1.807, 2.05) is 7.05 Å². The Kier molecular flexibility index (Phi) is 6.29. The van der Waals surface area contributed by atoms with Crippen molar-refractivity contribution in [3.8, 4) is 0 Å². The minimum Gasteiger partial charge on any atom is -0.326 e. The largest absolute Gasteiger partial charge is 0.326 e. The maximum atomic E-state index is 5.99. The van der Waals surface area contributed by atoms with E-state index in [4.69, 9.17) is 5.73 Å². The SMILES string of the molecule is CNCCCNC[C@@H](N)C(C)(C)C. The Morgan fingerprint density at radius 3 is 2.31 bits per heavy atom. The lowest BCUT2D eigenvalue weighted by Crippen LogP contribution is -2.43. The quantitative estimate of drug-likeness (QED) is 0.533. The van der Waals surface area contributed by atoms with Gasteiger partial charge in [-0.15, -0.1) is 0 Å². The third-order valence-electron chi connectivity index (χ3n) is 2.26. The summed E-state index contributed by atoms with van der Waals surface area (Å²) in [6, 6.07) is 0.238. The Bertz CT molecular complexity index is 118. The average Bonchev–Trinajstić information content (AvgIpc) is 2.02. The molecule has 0 aliphatic heterocycles. The van der Waals surface area contributed by atoms with Crippen molar-refractivity contribution in [2.24, 2.45) is 11.1 Å². The van der Waals surface area contributed by atoms with E-state index in [0.29, 0.717) is 0 Å². The van der Waals surface area contributed by atoms with Crippen LogP contribution in [0.5, 0.6) is 0 Å². The monoisotopic (exact) mass is 187 g/mol. The predicted molar refractivity (Wildman–Crippen MR) is 58.8 cm³/mol. The van der Waals surface area contributed by atoms with E-state index in [2.05, 4.69) is 31.4 Å². The molecule has 0 unspecified atom stereocenters. The summed E-state index contributed by atoms with van der Waals surface area (Å²) in [6.07, 6.45) is 1.16. The van der Waals surface area contributed by atoms with Crippen molar-refractivity contribution < 1.29 is 0 Å². The van der Waals surface area contributed by atoms with Crippen LogP contribution in [0.3, 0.4) is 0 Å². The van der Waals surface area contributed by atoms with Gasteiger partial charge in [0.15, 0.2) is 0 Å². The molecule has 0 saturated heterocycles. The van der Waals surface area contributed by atoms with E-state index in [9.17, 15) is 0 Å². The van der Waals surface area contributed by atoms with Crippen LogP contribution >= 0.6 is 0 Å². The summed E-state index contributed by atoms with van der Waals surface area (Å²) in [6.45, 7) is 9.54. The molecule has 0 aromatic heterocycles. The van der Waals surface area contributed by atoms with E-state index in [-0.39, 0.29) is 11.5 Å². The number of rotatable bonds is 6. The molecule has 3 heteroatoms. The first-order valence-corrected chi connectivity index (χ1v) is 5.09. The second-order valence-corrected chi connectivity index (χ2v) is 4.63. The molecule has 0 heterocycles. The molecule has 0 saturated carbocycles. The average molecular weight is 187 g/mol. The van der Waals surface area contributed by atoms with Crippen LogP contribution in [0.2, 0.25) is 0 Å². The van der Waals surface area contributed by atoms with Crippen molar-refractivity contribution in [1.29, 1.82) is 0 Å². The van der Waals surface area contributed by atoms with E-state index in [0.717, 1.165) is 26.1 Å². The highest BCUT2D eigenvalue weighted by atomic mass is 14.9. The van der Waals surface area contributed by atoms with Crippen LogP contribution in [0.25, 0.3) is 0 Å². The molecular weight excluding hydrogens is 162 g/mol. The lowest BCUT2D eigenvalue weighted by Gasteiger charge is -2.27. The molecule has 1 atom stereocenters. The first kappa shape index (κ1) is 12.9. The minimum atomic E-state index is 0.204. The van der Waals surface area contributed by atoms with Gasteiger partial charge in [-0.25, -0.2) is 0 Å². The van der Waals surface area contributed by atoms with Crippen LogP contribution in [-0.2, 0) is 0 Å². The van der Waals surface area contributed by atoms with Crippen LogP contribution in [0.4, 0.5) is 0 Å². The maximum absolute atomic E-state index is 5.99. The highest BCUT2D eigenvalue weighted by molar-refractivity contribution is 4.78. The summed E-state index contributed by atoms with van der Waals surface area (Å²) in [5.41, 5.74) is 6.19. The number of nitrogens with two attached hydrogens (primary N) is 1. The van der Waals surface area contributed by atoms with E-state index in [1.54, 1.807) is 0 Å². The lowest BCUT2D eigenvalue weighted by molar-refractivity contribution is 0.309. The van der Waals surface area contributed by atoms with E-state index in [1.165, 1.54) is 0 Å². The van der Waals surface area contributed by atoms with Gasteiger partial charge in [-0.05, 0) is 32.0 Å². The van der Waals surface area contributed by atoms with Crippen molar-refractivity contribution in [3.05, 3.63) is 0 Å². The molecule has 0 aromatic carbocycles. The normalized spacial score (nSPS) is 14.5. The standard InChI is InChI=1S/C10H25N3/c1-10(2,3)9(11)8-13-7-5-6-12-4/h9,12-13H,5-8,11H2,1-4H3/t9-/m1/s1. The summed E-state index contributed by atoms with van der Waals surface area (Å²) in [5, 5.41) is 6.48. The third kappa shape index (κ3) is 6.99. The number of nitrogens with one attached hydrogen (secondary N) is 2. The fraction of sp³-hybridized carbons (Fsp3) is 1.00.